The molecule has 1 N–H and O–H groups in total. The summed E-state index contributed by atoms with van der Waals surface area (Å²) in [6.07, 6.45) is 3.82. The van der Waals surface area contributed by atoms with Gasteiger partial charge < -0.3 is 14.9 Å². The average Bonchev–Trinajstić information content (AvgIpc) is 2.61. The van der Waals surface area contributed by atoms with Gasteiger partial charge in [0.05, 0.1) is 12.8 Å². The van der Waals surface area contributed by atoms with Crippen molar-refractivity contribution in [2.75, 3.05) is 29.9 Å². The van der Waals surface area contributed by atoms with Crippen LogP contribution >= 0.6 is 0 Å². The molecule has 2 aromatic rings. The fourth-order valence-corrected chi connectivity index (χ4v) is 3.35. The molecule has 0 aromatic carbocycles. The summed E-state index contributed by atoms with van der Waals surface area (Å²) in [6, 6.07) is 2.51. The highest BCUT2D eigenvalue weighted by molar-refractivity contribution is 5.41. The Kier molecular flexibility index (Phi) is 5.13. The van der Waals surface area contributed by atoms with E-state index < -0.39 is 0 Å². The van der Waals surface area contributed by atoms with Crippen molar-refractivity contribution < 1.29 is 5.11 Å². The first-order chi connectivity index (χ1) is 12.0. The molecular weight excluding hydrogens is 316 g/mol. The van der Waals surface area contributed by atoms with E-state index in [1.807, 2.05) is 20.8 Å². The molecule has 0 bridgehead atoms. The lowest BCUT2D eigenvalue weighted by molar-refractivity contribution is 0.279. The summed E-state index contributed by atoms with van der Waals surface area (Å²) in [5, 5.41) is 17.7. The van der Waals surface area contributed by atoms with Gasteiger partial charge >= 0.3 is 0 Å². The molecular formula is C18H26N6O. The minimum atomic E-state index is -0.0116. The molecule has 0 radical (unpaired) electrons. The maximum atomic E-state index is 9.41. The molecule has 3 heterocycles. The van der Waals surface area contributed by atoms with Gasteiger partial charge in [0.15, 0.2) is 5.82 Å². The standard InChI is InChI=1S/C18H26N6O/c1-12-9-17(22-19-10-12)23(4)15-5-7-24(8-6-15)18-20-13(2)16(11-25)14(3)21-18/h9-10,15,25H,5-8,11H2,1-4H3. The van der Waals surface area contributed by atoms with Gasteiger partial charge in [-0.2, -0.15) is 5.10 Å². The lowest BCUT2D eigenvalue weighted by Gasteiger charge is -2.37. The zero-order valence-corrected chi connectivity index (χ0v) is 15.4. The van der Waals surface area contributed by atoms with E-state index in [0.29, 0.717) is 6.04 Å². The molecule has 1 aliphatic heterocycles. The Bertz CT molecular complexity index is 719. The average molecular weight is 342 g/mol. The Morgan fingerprint density at radius 2 is 1.80 bits per heavy atom. The summed E-state index contributed by atoms with van der Waals surface area (Å²) in [6.45, 7) is 7.70. The molecule has 0 amide bonds. The fourth-order valence-electron chi connectivity index (χ4n) is 3.35. The molecule has 0 saturated carbocycles. The normalized spacial score (nSPS) is 15.5. The molecule has 1 saturated heterocycles. The predicted molar refractivity (Wildman–Crippen MR) is 97.8 cm³/mol. The Hall–Kier alpha value is -2.28. The fraction of sp³-hybridized carbons (Fsp3) is 0.556. The van der Waals surface area contributed by atoms with Crippen molar-refractivity contribution in [2.45, 2.75) is 46.3 Å². The second-order valence-corrected chi connectivity index (χ2v) is 6.75. The van der Waals surface area contributed by atoms with Crippen LogP contribution in [-0.4, -0.2) is 51.5 Å². The first-order valence-electron chi connectivity index (χ1n) is 8.71. The number of aliphatic hydroxyl groups is 1. The minimum Gasteiger partial charge on any atom is -0.392 e. The van der Waals surface area contributed by atoms with E-state index >= 15 is 0 Å². The maximum Gasteiger partial charge on any atom is 0.225 e. The Labute approximate surface area is 148 Å². The maximum absolute atomic E-state index is 9.41. The quantitative estimate of drug-likeness (QED) is 0.907. The highest BCUT2D eigenvalue weighted by Gasteiger charge is 2.25. The van der Waals surface area contributed by atoms with Crippen LogP contribution in [-0.2, 0) is 6.61 Å². The zero-order valence-electron chi connectivity index (χ0n) is 15.4. The lowest BCUT2D eigenvalue weighted by atomic mass is 10.0. The van der Waals surface area contributed by atoms with E-state index in [2.05, 4.69) is 43.1 Å². The molecule has 25 heavy (non-hydrogen) atoms. The van der Waals surface area contributed by atoms with Crippen LogP contribution in [0.3, 0.4) is 0 Å². The number of piperidine rings is 1. The van der Waals surface area contributed by atoms with Crippen molar-refractivity contribution in [1.29, 1.82) is 0 Å². The molecule has 0 spiro atoms. The summed E-state index contributed by atoms with van der Waals surface area (Å²) in [4.78, 5) is 13.6. The van der Waals surface area contributed by atoms with E-state index in [9.17, 15) is 5.11 Å². The van der Waals surface area contributed by atoms with Gasteiger partial charge in [-0.1, -0.05) is 0 Å². The van der Waals surface area contributed by atoms with Gasteiger partial charge in [-0.3, -0.25) is 0 Å². The second-order valence-electron chi connectivity index (χ2n) is 6.75. The van der Waals surface area contributed by atoms with Crippen molar-refractivity contribution in [3.05, 3.63) is 34.8 Å². The summed E-state index contributed by atoms with van der Waals surface area (Å²) < 4.78 is 0. The third-order valence-electron chi connectivity index (χ3n) is 5.00. The molecule has 3 rings (SSSR count). The topological polar surface area (TPSA) is 78.3 Å². The van der Waals surface area contributed by atoms with Crippen LogP contribution in [0.25, 0.3) is 0 Å². The third kappa shape index (κ3) is 3.71. The van der Waals surface area contributed by atoms with Gasteiger partial charge in [0.2, 0.25) is 5.95 Å². The summed E-state index contributed by atoms with van der Waals surface area (Å²) in [5.74, 6) is 1.69. The van der Waals surface area contributed by atoms with Gasteiger partial charge in [-0.25, -0.2) is 9.97 Å². The summed E-state index contributed by atoms with van der Waals surface area (Å²) in [5.41, 5.74) is 3.67. The van der Waals surface area contributed by atoms with E-state index in [1.165, 1.54) is 0 Å². The van der Waals surface area contributed by atoms with Crippen molar-refractivity contribution in [2.24, 2.45) is 0 Å². The van der Waals surface area contributed by atoms with Gasteiger partial charge in [-0.15, -0.1) is 5.10 Å². The molecule has 134 valence electrons. The number of aromatic nitrogens is 4. The molecule has 7 heteroatoms. The van der Waals surface area contributed by atoms with E-state index in [-0.39, 0.29) is 6.61 Å². The van der Waals surface area contributed by atoms with Crippen LogP contribution in [0.15, 0.2) is 12.3 Å². The van der Waals surface area contributed by atoms with Gasteiger partial charge in [0, 0.05) is 43.1 Å². The molecule has 0 unspecified atom stereocenters. The Morgan fingerprint density at radius 1 is 1.16 bits per heavy atom. The third-order valence-corrected chi connectivity index (χ3v) is 5.00. The predicted octanol–water partition coefficient (Wildman–Crippen LogP) is 1.79. The Balaban J connectivity index is 1.68. The number of aliphatic hydroxyl groups excluding tert-OH is 1. The molecule has 0 aliphatic carbocycles. The molecule has 1 fully saturated rings. The van der Waals surface area contributed by atoms with Crippen LogP contribution in [0.1, 0.15) is 35.4 Å². The van der Waals surface area contributed by atoms with Crippen LogP contribution in [0.2, 0.25) is 0 Å². The molecule has 1 aliphatic rings. The monoisotopic (exact) mass is 342 g/mol. The van der Waals surface area contributed by atoms with Crippen molar-refractivity contribution in [3.8, 4) is 0 Å². The van der Waals surface area contributed by atoms with E-state index in [1.54, 1.807) is 6.20 Å². The smallest absolute Gasteiger partial charge is 0.225 e. The highest BCUT2D eigenvalue weighted by Crippen LogP contribution is 2.24. The molecule has 7 nitrogen and oxygen atoms in total. The lowest BCUT2D eigenvalue weighted by Crippen LogP contribution is -2.44. The van der Waals surface area contributed by atoms with Crippen LogP contribution in [0.4, 0.5) is 11.8 Å². The number of aryl methyl sites for hydroxylation is 3. The van der Waals surface area contributed by atoms with Crippen molar-refractivity contribution in [3.63, 3.8) is 0 Å². The van der Waals surface area contributed by atoms with Crippen molar-refractivity contribution in [1.82, 2.24) is 20.2 Å². The number of rotatable bonds is 4. The number of nitrogens with zero attached hydrogens (tertiary/aromatic N) is 6. The SMILES string of the molecule is Cc1cnnc(N(C)C2CCN(c3nc(C)c(CO)c(C)n3)CC2)c1. The highest BCUT2D eigenvalue weighted by atomic mass is 16.3. The van der Waals surface area contributed by atoms with Crippen LogP contribution < -0.4 is 9.80 Å². The van der Waals surface area contributed by atoms with Crippen molar-refractivity contribution >= 4 is 11.8 Å². The summed E-state index contributed by atoms with van der Waals surface area (Å²) in [7, 11) is 2.09. The van der Waals surface area contributed by atoms with E-state index in [4.69, 9.17) is 0 Å². The second kappa shape index (κ2) is 7.31. The number of hydrogen-bond acceptors (Lipinski definition) is 7. The molecule has 2 aromatic heterocycles. The number of hydrogen-bond donors (Lipinski definition) is 1. The largest absolute Gasteiger partial charge is 0.392 e. The van der Waals surface area contributed by atoms with Gasteiger partial charge in [0.1, 0.15) is 0 Å². The first-order valence-corrected chi connectivity index (χ1v) is 8.71. The first kappa shape index (κ1) is 17.5. The number of anilines is 2. The zero-order chi connectivity index (χ0) is 18.0. The molecule has 0 atom stereocenters. The summed E-state index contributed by atoms with van der Waals surface area (Å²) >= 11 is 0. The van der Waals surface area contributed by atoms with Gasteiger partial charge in [-0.05, 0) is 45.2 Å². The minimum absolute atomic E-state index is 0.0116. The van der Waals surface area contributed by atoms with E-state index in [0.717, 1.165) is 60.2 Å². The van der Waals surface area contributed by atoms with Crippen LogP contribution in [0.5, 0.6) is 0 Å². The Morgan fingerprint density at radius 3 is 2.36 bits per heavy atom. The van der Waals surface area contributed by atoms with Gasteiger partial charge in [0.25, 0.3) is 0 Å². The van der Waals surface area contributed by atoms with Crippen LogP contribution in [0, 0.1) is 20.8 Å².